The second-order valence-corrected chi connectivity index (χ2v) is 5.53. The Bertz CT molecular complexity index is 357. The molecule has 0 aromatic carbocycles. The van der Waals surface area contributed by atoms with Crippen molar-refractivity contribution in [1.82, 2.24) is 5.01 Å². The number of hydrogen-bond acceptors (Lipinski definition) is 4. The molecule has 0 saturated heterocycles. The van der Waals surface area contributed by atoms with Gasteiger partial charge in [0.25, 0.3) is 5.91 Å². The van der Waals surface area contributed by atoms with Gasteiger partial charge in [0.15, 0.2) is 0 Å². The molecule has 5 nitrogen and oxygen atoms in total. The van der Waals surface area contributed by atoms with Gasteiger partial charge < -0.3 is 10.8 Å². The molecular weight excluding hydrogens is 242 g/mol. The first-order chi connectivity index (χ1) is 9.19. The van der Waals surface area contributed by atoms with Crippen LogP contribution in [0.1, 0.15) is 51.9 Å². The van der Waals surface area contributed by atoms with Crippen LogP contribution in [0.15, 0.2) is 5.10 Å². The average Bonchev–Trinajstić information content (AvgIpc) is 2.73. The largest absolute Gasteiger partial charge is 0.391 e. The molecule has 1 aliphatic carbocycles. The monoisotopic (exact) mass is 267 g/mol. The Morgan fingerprint density at radius 1 is 1.42 bits per heavy atom. The summed E-state index contributed by atoms with van der Waals surface area (Å²) >= 11 is 0. The molecular formula is C14H25N3O2. The highest BCUT2D eigenvalue weighted by atomic mass is 16.3. The molecule has 19 heavy (non-hydrogen) atoms. The van der Waals surface area contributed by atoms with Crippen molar-refractivity contribution in [3.8, 4) is 0 Å². The summed E-state index contributed by atoms with van der Waals surface area (Å²) < 4.78 is 0. The first-order valence-electron chi connectivity index (χ1n) is 7.47. The first kappa shape index (κ1) is 14.5. The molecule has 108 valence electrons. The van der Waals surface area contributed by atoms with Gasteiger partial charge in [0.05, 0.1) is 23.8 Å². The van der Waals surface area contributed by atoms with Crippen molar-refractivity contribution >= 4 is 11.6 Å². The summed E-state index contributed by atoms with van der Waals surface area (Å²) in [5.74, 6) is -0.0427. The molecule has 0 bridgehead atoms. The summed E-state index contributed by atoms with van der Waals surface area (Å²) in [4.78, 5) is 12.5. The minimum Gasteiger partial charge on any atom is -0.391 e. The van der Waals surface area contributed by atoms with Crippen LogP contribution < -0.4 is 5.73 Å². The van der Waals surface area contributed by atoms with Crippen molar-refractivity contribution in [3.63, 3.8) is 0 Å². The van der Waals surface area contributed by atoms with Gasteiger partial charge in [0.2, 0.25) is 0 Å². The molecule has 3 atom stereocenters. The highest BCUT2D eigenvalue weighted by Crippen LogP contribution is 2.30. The van der Waals surface area contributed by atoms with E-state index >= 15 is 0 Å². The normalized spacial score (nSPS) is 31.7. The van der Waals surface area contributed by atoms with E-state index in [1.807, 2.05) is 6.92 Å². The highest BCUT2D eigenvalue weighted by Gasteiger charge is 2.40. The predicted molar refractivity (Wildman–Crippen MR) is 74.6 cm³/mol. The third-order valence-corrected chi connectivity index (χ3v) is 4.23. The lowest BCUT2D eigenvalue weighted by Gasteiger charge is -2.32. The van der Waals surface area contributed by atoms with E-state index in [1.54, 1.807) is 5.01 Å². The summed E-state index contributed by atoms with van der Waals surface area (Å²) in [7, 11) is 0. The first-order valence-corrected chi connectivity index (χ1v) is 7.47. The van der Waals surface area contributed by atoms with E-state index in [0.717, 1.165) is 50.7 Å². The molecule has 1 saturated carbocycles. The lowest BCUT2D eigenvalue weighted by atomic mass is 9.91. The molecule has 5 heteroatoms. The lowest BCUT2D eigenvalue weighted by Crippen LogP contribution is -2.45. The third kappa shape index (κ3) is 2.98. The van der Waals surface area contributed by atoms with Gasteiger partial charge in [-0.1, -0.05) is 19.8 Å². The molecule has 1 aliphatic heterocycles. The molecule has 2 rings (SSSR count). The van der Waals surface area contributed by atoms with Crippen LogP contribution in [0.5, 0.6) is 0 Å². The van der Waals surface area contributed by atoms with Gasteiger partial charge in [-0.05, 0) is 38.6 Å². The number of rotatable bonds is 5. The molecule has 1 fully saturated rings. The van der Waals surface area contributed by atoms with Gasteiger partial charge in [-0.25, -0.2) is 5.01 Å². The van der Waals surface area contributed by atoms with E-state index in [0.29, 0.717) is 6.54 Å². The molecule has 0 aromatic heterocycles. The SMILES string of the molecule is CCC1=NN(C2CCCCC2O)C(=O)C1CCCN. The van der Waals surface area contributed by atoms with Gasteiger partial charge in [-0.3, -0.25) is 4.79 Å². The summed E-state index contributed by atoms with van der Waals surface area (Å²) in [6, 6.07) is -0.120. The van der Waals surface area contributed by atoms with Crippen molar-refractivity contribution in [2.75, 3.05) is 6.54 Å². The highest BCUT2D eigenvalue weighted by molar-refractivity contribution is 6.07. The average molecular weight is 267 g/mol. The van der Waals surface area contributed by atoms with Crippen molar-refractivity contribution in [3.05, 3.63) is 0 Å². The number of aliphatic hydroxyl groups excluding tert-OH is 1. The van der Waals surface area contributed by atoms with Crippen LogP contribution in [-0.4, -0.2) is 40.4 Å². The number of nitrogens with two attached hydrogens (primary N) is 1. The number of nitrogens with zero attached hydrogens (tertiary/aromatic N) is 2. The van der Waals surface area contributed by atoms with Crippen LogP contribution >= 0.6 is 0 Å². The van der Waals surface area contributed by atoms with Crippen molar-refractivity contribution < 1.29 is 9.90 Å². The fourth-order valence-electron chi connectivity index (χ4n) is 3.10. The zero-order chi connectivity index (χ0) is 13.8. The van der Waals surface area contributed by atoms with Gasteiger partial charge in [-0.15, -0.1) is 0 Å². The molecule has 0 spiro atoms. The van der Waals surface area contributed by atoms with Crippen LogP contribution in [0.4, 0.5) is 0 Å². The van der Waals surface area contributed by atoms with Crippen molar-refractivity contribution in [2.45, 2.75) is 64.0 Å². The molecule has 2 aliphatic rings. The number of carbonyl (C=O) groups is 1. The Balaban J connectivity index is 2.09. The number of carbonyl (C=O) groups excluding carboxylic acids is 1. The quantitative estimate of drug-likeness (QED) is 0.787. The van der Waals surface area contributed by atoms with E-state index in [1.165, 1.54) is 0 Å². The zero-order valence-corrected chi connectivity index (χ0v) is 11.7. The van der Waals surface area contributed by atoms with Gasteiger partial charge in [0.1, 0.15) is 0 Å². The minimum absolute atomic E-state index is 0.0660. The minimum atomic E-state index is -0.423. The number of hydrogen-bond donors (Lipinski definition) is 2. The lowest BCUT2D eigenvalue weighted by molar-refractivity contribution is -0.137. The topological polar surface area (TPSA) is 78.9 Å². The number of aliphatic hydroxyl groups is 1. The van der Waals surface area contributed by atoms with Gasteiger partial charge in [0, 0.05) is 0 Å². The maximum atomic E-state index is 12.5. The van der Waals surface area contributed by atoms with Crippen molar-refractivity contribution in [2.24, 2.45) is 16.8 Å². The Hall–Kier alpha value is -0.940. The van der Waals surface area contributed by atoms with Gasteiger partial charge >= 0.3 is 0 Å². The molecule has 0 aromatic rings. The van der Waals surface area contributed by atoms with E-state index in [9.17, 15) is 9.90 Å². The van der Waals surface area contributed by atoms with Crippen LogP contribution in [0.2, 0.25) is 0 Å². The molecule has 3 unspecified atom stereocenters. The fourth-order valence-corrected chi connectivity index (χ4v) is 3.10. The van der Waals surface area contributed by atoms with E-state index in [2.05, 4.69) is 5.10 Å². The molecule has 1 amide bonds. The van der Waals surface area contributed by atoms with E-state index in [4.69, 9.17) is 5.73 Å². The predicted octanol–water partition coefficient (Wildman–Crippen LogP) is 1.25. The molecule has 0 radical (unpaired) electrons. The number of amides is 1. The van der Waals surface area contributed by atoms with Crippen LogP contribution in [0.3, 0.4) is 0 Å². The zero-order valence-electron chi connectivity index (χ0n) is 11.7. The molecule has 3 N–H and O–H groups in total. The summed E-state index contributed by atoms with van der Waals surface area (Å²) in [6.45, 7) is 2.63. The second kappa shape index (κ2) is 6.48. The number of hydrazone groups is 1. The van der Waals surface area contributed by atoms with Crippen LogP contribution in [0, 0.1) is 5.92 Å². The summed E-state index contributed by atoms with van der Waals surface area (Å²) in [6.07, 6.45) is 5.73. The van der Waals surface area contributed by atoms with Crippen LogP contribution in [-0.2, 0) is 4.79 Å². The Morgan fingerprint density at radius 2 is 2.16 bits per heavy atom. The van der Waals surface area contributed by atoms with E-state index < -0.39 is 6.10 Å². The third-order valence-electron chi connectivity index (χ3n) is 4.23. The summed E-state index contributed by atoms with van der Waals surface area (Å²) in [5, 5.41) is 16.2. The molecule has 1 heterocycles. The Kier molecular flexibility index (Phi) is 4.93. The Morgan fingerprint density at radius 3 is 2.79 bits per heavy atom. The van der Waals surface area contributed by atoms with E-state index in [-0.39, 0.29) is 17.9 Å². The maximum absolute atomic E-state index is 12.5. The standard InChI is InChI=1S/C14H25N3O2/c1-2-11-10(6-5-9-15)14(19)17(16-11)12-7-3-4-8-13(12)18/h10,12-13,18H,2-9,15H2,1H3. The second-order valence-electron chi connectivity index (χ2n) is 5.53. The maximum Gasteiger partial charge on any atom is 0.251 e. The Labute approximate surface area is 114 Å². The smallest absolute Gasteiger partial charge is 0.251 e. The summed E-state index contributed by atoms with van der Waals surface area (Å²) in [5.41, 5.74) is 6.49. The van der Waals surface area contributed by atoms with Gasteiger partial charge in [-0.2, -0.15) is 5.10 Å². The van der Waals surface area contributed by atoms with Crippen LogP contribution in [0.25, 0.3) is 0 Å². The van der Waals surface area contributed by atoms with Crippen molar-refractivity contribution in [1.29, 1.82) is 0 Å². The fraction of sp³-hybridized carbons (Fsp3) is 0.857.